The van der Waals surface area contributed by atoms with Gasteiger partial charge in [-0.15, -0.1) is 0 Å². The van der Waals surface area contributed by atoms with Crippen molar-refractivity contribution in [3.05, 3.63) is 29.3 Å². The summed E-state index contributed by atoms with van der Waals surface area (Å²) in [6, 6.07) is 9.73. The van der Waals surface area contributed by atoms with Crippen molar-refractivity contribution >= 4 is 11.6 Å². The molecule has 1 fully saturated rings. The minimum Gasteiger partial charge on any atom is -0.489 e. The fourth-order valence-corrected chi connectivity index (χ4v) is 2.50. The lowest BCUT2D eigenvalue weighted by atomic mass is 9.81. The summed E-state index contributed by atoms with van der Waals surface area (Å²) >= 11 is 5.92. The predicted molar refractivity (Wildman–Crippen MR) is 68.0 cm³/mol. The summed E-state index contributed by atoms with van der Waals surface area (Å²) in [4.78, 5) is 0. The van der Waals surface area contributed by atoms with E-state index in [2.05, 4.69) is 13.0 Å². The molecule has 3 heteroatoms. The zero-order chi connectivity index (χ0) is 12.3. The van der Waals surface area contributed by atoms with E-state index >= 15 is 0 Å². The Kier molecular flexibility index (Phi) is 3.91. The largest absolute Gasteiger partial charge is 0.489 e. The third-order valence-electron chi connectivity index (χ3n) is 3.30. The Bertz CT molecular complexity index is 426. The van der Waals surface area contributed by atoms with E-state index in [-0.39, 0.29) is 12.0 Å². The first-order chi connectivity index (χ1) is 8.19. The summed E-state index contributed by atoms with van der Waals surface area (Å²) in [5.41, 5.74) is 0. The number of ether oxygens (including phenoxy) is 1. The Morgan fingerprint density at radius 2 is 2.24 bits per heavy atom. The van der Waals surface area contributed by atoms with E-state index in [4.69, 9.17) is 21.6 Å². The topological polar surface area (TPSA) is 33.0 Å². The van der Waals surface area contributed by atoms with Crippen molar-refractivity contribution in [2.24, 2.45) is 11.8 Å². The van der Waals surface area contributed by atoms with Crippen LogP contribution in [0.25, 0.3) is 0 Å². The van der Waals surface area contributed by atoms with E-state index in [1.165, 1.54) is 0 Å². The maximum absolute atomic E-state index is 9.12. The summed E-state index contributed by atoms with van der Waals surface area (Å²) in [5.74, 6) is 1.39. The van der Waals surface area contributed by atoms with Gasteiger partial charge in [-0.1, -0.05) is 24.6 Å². The van der Waals surface area contributed by atoms with E-state index in [1.54, 1.807) is 6.07 Å². The van der Waals surface area contributed by atoms with Gasteiger partial charge in [0.2, 0.25) is 0 Å². The van der Waals surface area contributed by atoms with Crippen molar-refractivity contribution in [3.8, 4) is 11.8 Å². The minimum atomic E-state index is 0.00205. The van der Waals surface area contributed by atoms with Gasteiger partial charge in [0, 0.05) is 5.02 Å². The van der Waals surface area contributed by atoms with Gasteiger partial charge in [-0.3, -0.25) is 0 Å². The second-order valence-electron chi connectivity index (χ2n) is 4.77. The first-order valence-corrected chi connectivity index (χ1v) is 6.38. The van der Waals surface area contributed by atoms with Crippen molar-refractivity contribution in [1.29, 1.82) is 5.26 Å². The van der Waals surface area contributed by atoms with Crippen molar-refractivity contribution in [2.75, 3.05) is 0 Å². The van der Waals surface area contributed by atoms with E-state index in [1.807, 2.05) is 18.2 Å². The smallest absolute Gasteiger partial charge is 0.121 e. The van der Waals surface area contributed by atoms with Crippen LogP contribution in [0.5, 0.6) is 5.75 Å². The second-order valence-corrected chi connectivity index (χ2v) is 5.20. The van der Waals surface area contributed by atoms with Gasteiger partial charge in [-0.05, 0) is 43.4 Å². The quantitative estimate of drug-likeness (QED) is 0.792. The molecule has 0 N–H and O–H groups in total. The molecule has 1 aromatic carbocycles. The van der Waals surface area contributed by atoms with E-state index in [0.717, 1.165) is 25.0 Å². The van der Waals surface area contributed by atoms with Gasteiger partial charge in [0.25, 0.3) is 0 Å². The van der Waals surface area contributed by atoms with Gasteiger partial charge in [-0.25, -0.2) is 0 Å². The van der Waals surface area contributed by atoms with Crippen LogP contribution in [0.4, 0.5) is 0 Å². The van der Waals surface area contributed by atoms with Crippen LogP contribution in [0, 0.1) is 23.2 Å². The zero-order valence-corrected chi connectivity index (χ0v) is 10.7. The maximum Gasteiger partial charge on any atom is 0.121 e. The Labute approximate surface area is 107 Å². The van der Waals surface area contributed by atoms with Crippen LogP contribution in [0.2, 0.25) is 5.02 Å². The van der Waals surface area contributed by atoms with Gasteiger partial charge in [0.05, 0.1) is 12.0 Å². The predicted octanol–water partition coefficient (Wildman–Crippen LogP) is 4.05. The van der Waals surface area contributed by atoms with Gasteiger partial charge in [0.15, 0.2) is 0 Å². The molecule has 1 saturated carbocycles. The Hall–Kier alpha value is -1.20. The highest BCUT2D eigenvalue weighted by atomic mass is 35.5. The molecule has 1 aliphatic carbocycles. The van der Waals surface area contributed by atoms with E-state index < -0.39 is 0 Å². The maximum atomic E-state index is 9.12. The summed E-state index contributed by atoms with van der Waals surface area (Å²) in [5, 5.41) is 9.79. The number of benzene rings is 1. The highest BCUT2D eigenvalue weighted by Gasteiger charge is 2.30. The van der Waals surface area contributed by atoms with Crippen LogP contribution in [0.15, 0.2) is 24.3 Å². The zero-order valence-electron chi connectivity index (χ0n) is 9.90. The fourth-order valence-electron chi connectivity index (χ4n) is 2.32. The minimum absolute atomic E-state index is 0.00205. The molecular formula is C14H16ClNO. The number of nitrogens with zero attached hydrogens (tertiary/aromatic N) is 1. The molecule has 90 valence electrons. The highest BCUT2D eigenvalue weighted by molar-refractivity contribution is 6.30. The first kappa shape index (κ1) is 12.3. The van der Waals surface area contributed by atoms with Crippen LogP contribution in [-0.4, -0.2) is 6.10 Å². The number of hydrogen-bond donors (Lipinski definition) is 0. The second kappa shape index (κ2) is 5.42. The van der Waals surface area contributed by atoms with Gasteiger partial charge < -0.3 is 4.74 Å². The summed E-state index contributed by atoms with van der Waals surface area (Å²) < 4.78 is 5.90. The molecule has 1 aliphatic rings. The van der Waals surface area contributed by atoms with Crippen molar-refractivity contribution in [2.45, 2.75) is 32.3 Å². The first-order valence-electron chi connectivity index (χ1n) is 6.01. The molecule has 0 heterocycles. The van der Waals surface area contributed by atoms with Crippen LogP contribution in [0.3, 0.4) is 0 Å². The molecule has 3 unspecified atom stereocenters. The lowest BCUT2D eigenvalue weighted by Crippen LogP contribution is -2.32. The number of hydrogen-bond acceptors (Lipinski definition) is 2. The molecular weight excluding hydrogens is 234 g/mol. The average Bonchev–Trinajstić information content (AvgIpc) is 2.29. The number of rotatable bonds is 2. The lowest BCUT2D eigenvalue weighted by molar-refractivity contribution is 0.0956. The van der Waals surface area contributed by atoms with Gasteiger partial charge in [0.1, 0.15) is 11.9 Å². The molecule has 3 atom stereocenters. The molecule has 0 radical (unpaired) electrons. The van der Waals surface area contributed by atoms with E-state index in [0.29, 0.717) is 10.9 Å². The average molecular weight is 250 g/mol. The molecule has 17 heavy (non-hydrogen) atoms. The van der Waals surface area contributed by atoms with Crippen LogP contribution < -0.4 is 4.74 Å². The summed E-state index contributed by atoms with van der Waals surface area (Å²) in [7, 11) is 0. The number of halogens is 1. The molecule has 2 rings (SSSR count). The molecule has 2 nitrogen and oxygen atoms in total. The monoisotopic (exact) mass is 249 g/mol. The normalized spacial score (nSPS) is 28.4. The Morgan fingerprint density at radius 3 is 2.94 bits per heavy atom. The van der Waals surface area contributed by atoms with Crippen molar-refractivity contribution < 1.29 is 4.74 Å². The molecule has 0 aliphatic heterocycles. The Balaban J connectivity index is 2.08. The van der Waals surface area contributed by atoms with Crippen LogP contribution in [0.1, 0.15) is 26.2 Å². The lowest BCUT2D eigenvalue weighted by Gasteiger charge is -2.31. The SMILES string of the molecule is CC1CCC(C#N)C(Oc2cccc(Cl)c2)C1. The van der Waals surface area contributed by atoms with Crippen LogP contribution >= 0.6 is 11.6 Å². The van der Waals surface area contributed by atoms with Gasteiger partial charge >= 0.3 is 0 Å². The standard InChI is InChI=1S/C14H16ClNO/c1-10-5-6-11(9-16)14(7-10)17-13-4-2-3-12(15)8-13/h2-4,8,10-11,14H,5-7H2,1H3. The Morgan fingerprint density at radius 1 is 1.41 bits per heavy atom. The third-order valence-corrected chi connectivity index (χ3v) is 3.54. The fraction of sp³-hybridized carbons (Fsp3) is 0.500. The molecule has 0 spiro atoms. The molecule has 0 saturated heterocycles. The summed E-state index contributed by atoms with van der Waals surface area (Å²) in [6.07, 6.45) is 3.00. The number of nitriles is 1. The van der Waals surface area contributed by atoms with Gasteiger partial charge in [-0.2, -0.15) is 5.26 Å². The van der Waals surface area contributed by atoms with Crippen molar-refractivity contribution in [3.63, 3.8) is 0 Å². The van der Waals surface area contributed by atoms with E-state index in [9.17, 15) is 0 Å². The summed E-state index contributed by atoms with van der Waals surface area (Å²) in [6.45, 7) is 2.21. The van der Waals surface area contributed by atoms with Crippen molar-refractivity contribution in [1.82, 2.24) is 0 Å². The van der Waals surface area contributed by atoms with Crippen LogP contribution in [-0.2, 0) is 0 Å². The molecule has 0 amide bonds. The molecule has 1 aromatic rings. The highest BCUT2D eigenvalue weighted by Crippen LogP contribution is 2.32. The molecule has 0 aromatic heterocycles. The third kappa shape index (κ3) is 3.14. The molecule has 0 bridgehead atoms.